The first-order valence-electron chi connectivity index (χ1n) is 11.2. The summed E-state index contributed by atoms with van der Waals surface area (Å²) in [6, 6.07) is 21.1. The maximum Gasteiger partial charge on any atom is 0.281 e. The number of nitrogens with one attached hydrogen (secondary N) is 1. The number of ether oxygens (including phenoxy) is 2. The zero-order valence-corrected chi connectivity index (χ0v) is 20.6. The predicted molar refractivity (Wildman–Crippen MR) is 138 cm³/mol. The lowest BCUT2D eigenvalue weighted by molar-refractivity contribution is 0.0947. The number of anilines is 2. The quantitative estimate of drug-likeness (QED) is 0.401. The number of hydrogen-bond acceptors (Lipinski definition) is 7. The average molecular weight is 472 g/mol. The minimum Gasteiger partial charge on any atom is -0.493 e. The van der Waals surface area contributed by atoms with Gasteiger partial charge in [0.2, 0.25) is 5.95 Å². The van der Waals surface area contributed by atoms with Crippen molar-refractivity contribution in [3.63, 3.8) is 0 Å². The van der Waals surface area contributed by atoms with Crippen LogP contribution in [0.2, 0.25) is 0 Å². The number of hydrogen-bond donors (Lipinski definition) is 1. The number of nitrogens with zero attached hydrogens (tertiary/aromatic N) is 4. The molecule has 8 nitrogen and oxygen atoms in total. The van der Waals surface area contributed by atoms with Gasteiger partial charge in [-0.2, -0.15) is 9.67 Å². The number of aryl methyl sites for hydroxylation is 1. The fourth-order valence-corrected chi connectivity index (χ4v) is 3.58. The minimum absolute atomic E-state index is 0.331. The van der Waals surface area contributed by atoms with Crippen molar-refractivity contribution in [2.45, 2.75) is 13.5 Å². The third-order valence-electron chi connectivity index (χ3n) is 5.64. The Morgan fingerprint density at radius 3 is 2.26 bits per heavy atom. The van der Waals surface area contributed by atoms with Crippen LogP contribution < -0.4 is 19.7 Å². The second kappa shape index (κ2) is 10.3. The van der Waals surface area contributed by atoms with Crippen molar-refractivity contribution in [1.82, 2.24) is 14.8 Å². The molecule has 4 aromatic rings. The number of carbonyl (C=O) groups excluding carboxylic acids is 1. The Morgan fingerprint density at radius 1 is 0.943 bits per heavy atom. The van der Waals surface area contributed by atoms with Crippen LogP contribution >= 0.6 is 0 Å². The van der Waals surface area contributed by atoms with Gasteiger partial charge in [0, 0.05) is 37.5 Å². The molecule has 0 saturated carbocycles. The Hall–Kier alpha value is -4.33. The van der Waals surface area contributed by atoms with Crippen LogP contribution in [0.3, 0.4) is 0 Å². The highest BCUT2D eigenvalue weighted by atomic mass is 16.5. The molecule has 0 fully saturated rings. The summed E-state index contributed by atoms with van der Waals surface area (Å²) in [6.07, 6.45) is 0. The van der Waals surface area contributed by atoms with Gasteiger partial charge in [-0.1, -0.05) is 42.0 Å². The summed E-state index contributed by atoms with van der Waals surface area (Å²) >= 11 is 0. The molecule has 0 saturated heterocycles. The van der Waals surface area contributed by atoms with Crippen molar-refractivity contribution >= 4 is 17.5 Å². The number of benzene rings is 3. The number of aromatic nitrogens is 3. The van der Waals surface area contributed by atoms with E-state index in [1.54, 1.807) is 25.3 Å². The molecule has 0 radical (unpaired) electrons. The first-order chi connectivity index (χ1) is 16.9. The lowest BCUT2D eigenvalue weighted by Gasteiger charge is -2.13. The van der Waals surface area contributed by atoms with Gasteiger partial charge in [-0.15, -0.1) is 5.10 Å². The number of rotatable bonds is 8. The summed E-state index contributed by atoms with van der Waals surface area (Å²) < 4.78 is 12.0. The van der Waals surface area contributed by atoms with E-state index in [4.69, 9.17) is 9.47 Å². The van der Waals surface area contributed by atoms with Crippen molar-refractivity contribution in [3.05, 3.63) is 83.4 Å². The van der Waals surface area contributed by atoms with Crippen LogP contribution in [0.25, 0.3) is 11.4 Å². The molecule has 35 heavy (non-hydrogen) atoms. The zero-order valence-electron chi connectivity index (χ0n) is 20.6. The molecule has 1 aromatic heterocycles. The normalized spacial score (nSPS) is 10.7. The van der Waals surface area contributed by atoms with Crippen molar-refractivity contribution in [3.8, 4) is 22.9 Å². The smallest absolute Gasteiger partial charge is 0.281 e. The molecule has 8 heteroatoms. The van der Waals surface area contributed by atoms with Crippen LogP contribution in [0, 0.1) is 6.92 Å². The van der Waals surface area contributed by atoms with E-state index in [9.17, 15) is 4.79 Å². The molecule has 4 rings (SSSR count). The highest BCUT2D eigenvalue weighted by molar-refractivity contribution is 5.97. The molecule has 1 heterocycles. The Balaban J connectivity index is 1.67. The van der Waals surface area contributed by atoms with E-state index in [0.29, 0.717) is 35.4 Å². The standard InChI is InChI=1S/C27H29N5O3/c1-18-6-10-20(11-7-18)25-29-27(28-17-19-8-13-22(14-9-19)31(2)3)32(30-25)26(33)21-12-15-23(34-4)24(16-21)35-5/h6-16H,17H2,1-5H3,(H,28,29,30). The van der Waals surface area contributed by atoms with Crippen LogP contribution in [0.1, 0.15) is 21.5 Å². The van der Waals surface area contributed by atoms with Gasteiger partial charge in [0.15, 0.2) is 17.3 Å². The first-order valence-corrected chi connectivity index (χ1v) is 11.2. The fourth-order valence-electron chi connectivity index (χ4n) is 3.58. The molecule has 0 aliphatic rings. The molecule has 0 spiro atoms. The van der Waals surface area contributed by atoms with E-state index in [1.165, 1.54) is 11.8 Å². The highest BCUT2D eigenvalue weighted by Crippen LogP contribution is 2.28. The van der Waals surface area contributed by atoms with Gasteiger partial charge in [0.25, 0.3) is 5.91 Å². The van der Waals surface area contributed by atoms with Crippen LogP contribution in [0.5, 0.6) is 11.5 Å². The summed E-state index contributed by atoms with van der Waals surface area (Å²) in [5, 5.41) is 7.83. The molecule has 0 amide bonds. The van der Waals surface area contributed by atoms with Gasteiger partial charge in [-0.3, -0.25) is 4.79 Å². The van der Waals surface area contributed by atoms with Gasteiger partial charge in [-0.25, -0.2) is 0 Å². The Bertz CT molecular complexity index is 1310. The molecule has 3 aromatic carbocycles. The highest BCUT2D eigenvalue weighted by Gasteiger charge is 2.20. The van der Waals surface area contributed by atoms with Gasteiger partial charge in [0.1, 0.15) is 0 Å². The molecular formula is C27H29N5O3. The fraction of sp³-hybridized carbons (Fsp3) is 0.222. The van der Waals surface area contributed by atoms with E-state index < -0.39 is 0 Å². The summed E-state index contributed by atoms with van der Waals surface area (Å²) in [7, 11) is 7.09. The molecule has 0 unspecified atom stereocenters. The summed E-state index contributed by atoms with van der Waals surface area (Å²) in [4.78, 5) is 20.2. The molecule has 0 aliphatic carbocycles. The lowest BCUT2D eigenvalue weighted by Crippen LogP contribution is -2.18. The van der Waals surface area contributed by atoms with Crippen LogP contribution in [-0.4, -0.2) is 49.0 Å². The summed E-state index contributed by atoms with van der Waals surface area (Å²) in [6.45, 7) is 2.50. The Kier molecular flexibility index (Phi) is 7.01. The predicted octanol–water partition coefficient (Wildman–Crippen LogP) is 4.64. The molecule has 0 aliphatic heterocycles. The van der Waals surface area contributed by atoms with E-state index in [-0.39, 0.29) is 5.91 Å². The third-order valence-corrected chi connectivity index (χ3v) is 5.64. The zero-order chi connectivity index (χ0) is 24.9. The second-order valence-corrected chi connectivity index (χ2v) is 8.33. The van der Waals surface area contributed by atoms with Crippen LogP contribution in [0.15, 0.2) is 66.7 Å². The van der Waals surface area contributed by atoms with E-state index >= 15 is 0 Å². The van der Waals surface area contributed by atoms with Gasteiger partial charge < -0.3 is 19.7 Å². The molecular weight excluding hydrogens is 442 g/mol. The molecule has 180 valence electrons. The van der Waals surface area contributed by atoms with E-state index in [2.05, 4.69) is 15.4 Å². The SMILES string of the molecule is COc1ccc(C(=O)n2nc(-c3ccc(C)cc3)nc2NCc2ccc(N(C)C)cc2)cc1OC. The number of carbonyl (C=O) groups is 1. The van der Waals surface area contributed by atoms with Gasteiger partial charge in [-0.05, 0) is 42.8 Å². The van der Waals surface area contributed by atoms with Crippen molar-refractivity contribution in [1.29, 1.82) is 0 Å². The first kappa shape index (κ1) is 23.8. The second-order valence-electron chi connectivity index (χ2n) is 8.33. The van der Waals surface area contributed by atoms with E-state index in [1.807, 2.05) is 74.4 Å². The monoisotopic (exact) mass is 471 g/mol. The average Bonchev–Trinajstić information content (AvgIpc) is 3.31. The van der Waals surface area contributed by atoms with E-state index in [0.717, 1.165) is 22.4 Å². The number of methoxy groups -OCH3 is 2. The van der Waals surface area contributed by atoms with Gasteiger partial charge >= 0.3 is 0 Å². The molecule has 0 atom stereocenters. The van der Waals surface area contributed by atoms with Gasteiger partial charge in [0.05, 0.1) is 14.2 Å². The maximum atomic E-state index is 13.5. The molecule has 1 N–H and O–H groups in total. The third kappa shape index (κ3) is 5.27. The Labute approximate surface area is 205 Å². The van der Waals surface area contributed by atoms with Crippen LogP contribution in [0.4, 0.5) is 11.6 Å². The van der Waals surface area contributed by atoms with Crippen LogP contribution in [-0.2, 0) is 6.54 Å². The van der Waals surface area contributed by atoms with Crippen molar-refractivity contribution in [2.24, 2.45) is 0 Å². The summed E-state index contributed by atoms with van der Waals surface area (Å²) in [5.41, 5.74) is 4.53. The topological polar surface area (TPSA) is 81.5 Å². The maximum absolute atomic E-state index is 13.5. The van der Waals surface area contributed by atoms with Crippen molar-refractivity contribution < 1.29 is 14.3 Å². The largest absolute Gasteiger partial charge is 0.493 e. The lowest BCUT2D eigenvalue weighted by atomic mass is 10.1. The molecule has 0 bridgehead atoms. The minimum atomic E-state index is -0.331. The Morgan fingerprint density at radius 2 is 1.63 bits per heavy atom. The summed E-state index contributed by atoms with van der Waals surface area (Å²) in [5.74, 6) is 1.50. The van der Waals surface area contributed by atoms with Crippen molar-refractivity contribution in [2.75, 3.05) is 38.5 Å².